The molecule has 1 unspecified atom stereocenters. The van der Waals surface area contributed by atoms with E-state index >= 15 is 0 Å². The summed E-state index contributed by atoms with van der Waals surface area (Å²) < 4.78 is 0. The van der Waals surface area contributed by atoms with E-state index in [1.54, 1.807) is 0 Å². The fraction of sp³-hybridized carbons (Fsp3) is 0.706. The minimum absolute atomic E-state index is 0.390. The summed E-state index contributed by atoms with van der Waals surface area (Å²) in [6.45, 7) is 12.1. The maximum atomic E-state index is 4.59. The summed E-state index contributed by atoms with van der Waals surface area (Å²) in [6, 6.07) is 4.76. The molecule has 0 radical (unpaired) electrons. The molecule has 0 aliphatic rings. The second-order valence-electron chi connectivity index (χ2n) is 5.42. The number of hydrogen-bond donors (Lipinski definition) is 1. The van der Waals surface area contributed by atoms with Gasteiger partial charge in [-0.05, 0) is 44.0 Å². The molecule has 0 spiro atoms. The molecule has 1 N–H and O–H groups in total. The molecule has 3 heteroatoms. The molecular weight excluding hydrogens is 246 g/mol. The largest absolute Gasteiger partial charge is 0.357 e. The van der Waals surface area contributed by atoms with Crippen molar-refractivity contribution in [1.29, 1.82) is 0 Å². The van der Waals surface area contributed by atoms with Gasteiger partial charge >= 0.3 is 0 Å². The van der Waals surface area contributed by atoms with Crippen molar-refractivity contribution in [3.05, 3.63) is 23.9 Å². The molecule has 0 amide bonds. The van der Waals surface area contributed by atoms with Gasteiger partial charge in [-0.2, -0.15) is 0 Å². The van der Waals surface area contributed by atoms with Crippen LogP contribution >= 0.6 is 0 Å². The summed E-state index contributed by atoms with van der Waals surface area (Å²) in [7, 11) is 0. The highest BCUT2D eigenvalue weighted by Gasteiger charge is 2.10. The highest BCUT2D eigenvalue weighted by molar-refractivity contribution is 5.41. The molecule has 0 saturated carbocycles. The number of anilines is 1. The monoisotopic (exact) mass is 277 g/mol. The topological polar surface area (TPSA) is 28.2 Å². The molecule has 1 atom stereocenters. The average molecular weight is 277 g/mol. The minimum Gasteiger partial charge on any atom is -0.357 e. The van der Waals surface area contributed by atoms with Crippen LogP contribution in [0.15, 0.2) is 18.3 Å². The lowest BCUT2D eigenvalue weighted by atomic mass is 10.1. The molecule has 20 heavy (non-hydrogen) atoms. The van der Waals surface area contributed by atoms with Gasteiger partial charge in [0.25, 0.3) is 0 Å². The zero-order valence-corrected chi connectivity index (χ0v) is 13.7. The van der Waals surface area contributed by atoms with E-state index in [-0.39, 0.29) is 0 Å². The number of unbranched alkanes of at least 4 members (excludes halogenated alkanes) is 2. The lowest BCUT2D eigenvalue weighted by Gasteiger charge is -2.24. The Morgan fingerprint density at radius 2 is 1.80 bits per heavy atom. The van der Waals surface area contributed by atoms with E-state index in [1.165, 1.54) is 31.2 Å². The SMILES string of the molecule is CCCCN(CCCC)c1cc(C(C)NCC)ccn1. The Labute approximate surface area is 124 Å². The number of aromatic nitrogens is 1. The number of hydrogen-bond acceptors (Lipinski definition) is 3. The minimum atomic E-state index is 0.390. The average Bonchev–Trinajstić information content (AvgIpc) is 2.48. The molecule has 0 bridgehead atoms. The molecule has 0 aliphatic heterocycles. The molecule has 0 aliphatic carbocycles. The van der Waals surface area contributed by atoms with Crippen molar-refractivity contribution in [1.82, 2.24) is 10.3 Å². The van der Waals surface area contributed by atoms with Crippen molar-refractivity contribution in [2.24, 2.45) is 0 Å². The predicted molar refractivity (Wildman–Crippen MR) is 88.4 cm³/mol. The first kappa shape index (κ1) is 17.0. The van der Waals surface area contributed by atoms with Crippen LogP contribution in [0, 0.1) is 0 Å². The van der Waals surface area contributed by atoms with Gasteiger partial charge in [0.15, 0.2) is 0 Å². The smallest absolute Gasteiger partial charge is 0.128 e. The van der Waals surface area contributed by atoms with Crippen LogP contribution in [-0.2, 0) is 0 Å². The maximum Gasteiger partial charge on any atom is 0.128 e. The Balaban J connectivity index is 2.80. The molecule has 1 heterocycles. The van der Waals surface area contributed by atoms with Crippen LogP contribution < -0.4 is 10.2 Å². The summed E-state index contributed by atoms with van der Waals surface area (Å²) in [6.07, 6.45) is 6.88. The molecular formula is C17H31N3. The Morgan fingerprint density at radius 1 is 1.15 bits per heavy atom. The summed E-state index contributed by atoms with van der Waals surface area (Å²) in [5, 5.41) is 3.47. The Bertz CT molecular complexity index is 357. The lowest BCUT2D eigenvalue weighted by Crippen LogP contribution is -2.27. The van der Waals surface area contributed by atoms with Gasteiger partial charge in [0.2, 0.25) is 0 Å². The van der Waals surface area contributed by atoms with Crippen molar-refractivity contribution in [2.75, 3.05) is 24.5 Å². The number of nitrogens with zero attached hydrogens (tertiary/aromatic N) is 2. The van der Waals surface area contributed by atoms with E-state index in [1.807, 2.05) is 6.20 Å². The fourth-order valence-electron chi connectivity index (χ4n) is 2.34. The molecule has 114 valence electrons. The van der Waals surface area contributed by atoms with Crippen LogP contribution in [0.3, 0.4) is 0 Å². The summed E-state index contributed by atoms with van der Waals surface area (Å²) in [4.78, 5) is 7.03. The highest BCUT2D eigenvalue weighted by atomic mass is 15.2. The first-order valence-corrected chi connectivity index (χ1v) is 8.17. The third-order valence-corrected chi connectivity index (χ3v) is 3.67. The van der Waals surface area contributed by atoms with Gasteiger partial charge in [-0.25, -0.2) is 4.98 Å². The van der Waals surface area contributed by atoms with E-state index in [9.17, 15) is 0 Å². The van der Waals surface area contributed by atoms with E-state index < -0.39 is 0 Å². The Kier molecular flexibility index (Phi) is 8.28. The van der Waals surface area contributed by atoms with Crippen LogP contribution in [0.2, 0.25) is 0 Å². The number of pyridine rings is 1. The quantitative estimate of drug-likeness (QED) is 0.696. The second kappa shape index (κ2) is 9.76. The van der Waals surface area contributed by atoms with E-state index in [2.05, 4.69) is 55.0 Å². The Morgan fingerprint density at radius 3 is 2.35 bits per heavy atom. The van der Waals surface area contributed by atoms with Crippen LogP contribution in [0.25, 0.3) is 0 Å². The van der Waals surface area contributed by atoms with Crippen molar-refractivity contribution < 1.29 is 0 Å². The van der Waals surface area contributed by atoms with Gasteiger partial charge in [-0.3, -0.25) is 0 Å². The molecule has 1 aromatic heterocycles. The number of nitrogens with one attached hydrogen (secondary N) is 1. The summed E-state index contributed by atoms with van der Waals surface area (Å²) >= 11 is 0. The van der Waals surface area contributed by atoms with Crippen LogP contribution in [-0.4, -0.2) is 24.6 Å². The van der Waals surface area contributed by atoms with Gasteiger partial charge in [0.1, 0.15) is 5.82 Å². The maximum absolute atomic E-state index is 4.59. The van der Waals surface area contributed by atoms with Crippen molar-refractivity contribution in [3.63, 3.8) is 0 Å². The van der Waals surface area contributed by atoms with E-state index in [4.69, 9.17) is 0 Å². The van der Waals surface area contributed by atoms with Crippen LogP contribution in [0.4, 0.5) is 5.82 Å². The van der Waals surface area contributed by atoms with Crippen LogP contribution in [0.5, 0.6) is 0 Å². The van der Waals surface area contributed by atoms with Gasteiger partial charge in [-0.1, -0.05) is 33.6 Å². The zero-order chi connectivity index (χ0) is 14.8. The molecule has 1 aromatic rings. The van der Waals surface area contributed by atoms with Gasteiger partial charge in [0, 0.05) is 25.3 Å². The second-order valence-corrected chi connectivity index (χ2v) is 5.42. The molecule has 0 saturated heterocycles. The van der Waals surface area contributed by atoms with Crippen molar-refractivity contribution in [2.45, 2.75) is 59.4 Å². The number of rotatable bonds is 10. The van der Waals surface area contributed by atoms with Gasteiger partial charge in [-0.15, -0.1) is 0 Å². The van der Waals surface area contributed by atoms with E-state index in [0.717, 1.165) is 25.5 Å². The molecule has 0 aromatic carbocycles. The summed E-state index contributed by atoms with van der Waals surface area (Å²) in [5.74, 6) is 1.13. The first-order chi connectivity index (χ1) is 9.72. The third kappa shape index (κ3) is 5.49. The van der Waals surface area contributed by atoms with Gasteiger partial charge < -0.3 is 10.2 Å². The zero-order valence-electron chi connectivity index (χ0n) is 13.7. The van der Waals surface area contributed by atoms with Crippen molar-refractivity contribution in [3.8, 4) is 0 Å². The predicted octanol–water partition coefficient (Wildman–Crippen LogP) is 4.16. The highest BCUT2D eigenvalue weighted by Crippen LogP contribution is 2.19. The summed E-state index contributed by atoms with van der Waals surface area (Å²) in [5.41, 5.74) is 1.33. The standard InChI is InChI=1S/C17H31N3/c1-5-8-12-20(13-9-6-2)17-14-16(10-11-19-17)15(4)18-7-3/h10-11,14-15,18H,5-9,12-13H2,1-4H3. The lowest BCUT2D eigenvalue weighted by molar-refractivity contribution is 0.596. The van der Waals surface area contributed by atoms with Gasteiger partial charge in [0.05, 0.1) is 0 Å². The third-order valence-electron chi connectivity index (χ3n) is 3.67. The van der Waals surface area contributed by atoms with Crippen molar-refractivity contribution >= 4 is 5.82 Å². The normalized spacial score (nSPS) is 12.4. The first-order valence-electron chi connectivity index (χ1n) is 8.17. The molecule has 3 nitrogen and oxygen atoms in total. The molecule has 1 rings (SSSR count). The molecule has 0 fully saturated rings. The fourth-order valence-corrected chi connectivity index (χ4v) is 2.34. The van der Waals surface area contributed by atoms with E-state index in [0.29, 0.717) is 6.04 Å². The van der Waals surface area contributed by atoms with Crippen LogP contribution in [0.1, 0.15) is 65.0 Å². The Hall–Kier alpha value is -1.09.